The topological polar surface area (TPSA) is 226 Å². The molecule has 13 heteroatoms. The van der Waals surface area contributed by atoms with Gasteiger partial charge in [0.1, 0.15) is 24.2 Å². The molecule has 10 N–H and O–H groups in total. The number of hydrogen-bond donors (Lipinski definition) is 8. The van der Waals surface area contributed by atoms with Crippen LogP contribution in [0.4, 0.5) is 0 Å². The van der Waals surface area contributed by atoms with Crippen LogP contribution in [0.5, 0.6) is 0 Å². The summed E-state index contributed by atoms with van der Waals surface area (Å²) in [5.74, 6) is -3.21. The van der Waals surface area contributed by atoms with Gasteiger partial charge in [-0.3, -0.25) is 14.4 Å². The van der Waals surface area contributed by atoms with E-state index in [0.717, 1.165) is 0 Å². The third kappa shape index (κ3) is 10.3. The van der Waals surface area contributed by atoms with E-state index >= 15 is 0 Å². The lowest BCUT2D eigenvalue weighted by molar-refractivity contribution is -0.142. The predicted octanol–water partition coefficient (Wildman–Crippen LogP) is -2.01. The maximum absolute atomic E-state index is 13.0. The fourth-order valence-electron chi connectivity index (χ4n) is 3.18. The van der Waals surface area contributed by atoms with Crippen LogP contribution < -0.4 is 27.4 Å². The largest absolute Gasteiger partial charge is 0.480 e. The van der Waals surface area contributed by atoms with Crippen molar-refractivity contribution >= 4 is 23.7 Å². The Morgan fingerprint density at radius 1 is 1.03 bits per heavy atom. The van der Waals surface area contributed by atoms with Crippen molar-refractivity contribution < 1.29 is 29.4 Å². The molecule has 3 amide bonds. The van der Waals surface area contributed by atoms with Crippen molar-refractivity contribution in [2.24, 2.45) is 17.4 Å². The first-order valence-electron chi connectivity index (χ1n) is 11.3. The summed E-state index contributed by atoms with van der Waals surface area (Å²) < 4.78 is 0. The van der Waals surface area contributed by atoms with Gasteiger partial charge in [0.05, 0.1) is 12.9 Å². The minimum absolute atomic E-state index is 0.0141. The molecule has 0 aliphatic carbocycles. The Morgan fingerprint density at radius 3 is 2.18 bits per heavy atom. The zero-order valence-electron chi connectivity index (χ0n) is 19.6. The molecule has 0 aliphatic rings. The number of imidazole rings is 1. The molecule has 4 atom stereocenters. The van der Waals surface area contributed by atoms with Gasteiger partial charge in [-0.05, 0) is 38.1 Å². The minimum atomic E-state index is -1.20. The number of unbranched alkanes of at least 4 members (excludes halogenated alkanes) is 1. The molecule has 0 spiro atoms. The molecule has 13 nitrogen and oxygen atoms in total. The average Bonchev–Trinajstić information content (AvgIpc) is 3.29. The molecule has 0 radical (unpaired) electrons. The molecule has 0 saturated heterocycles. The van der Waals surface area contributed by atoms with Crippen LogP contribution in [-0.2, 0) is 25.6 Å². The van der Waals surface area contributed by atoms with Crippen molar-refractivity contribution in [3.63, 3.8) is 0 Å². The lowest BCUT2D eigenvalue weighted by atomic mass is 10.0. The smallest absolute Gasteiger partial charge is 0.326 e. The fraction of sp³-hybridized carbons (Fsp3) is 0.667. The lowest BCUT2D eigenvalue weighted by Gasteiger charge is -2.25. The van der Waals surface area contributed by atoms with Crippen molar-refractivity contribution in [3.8, 4) is 0 Å². The molecule has 0 fully saturated rings. The summed E-state index contributed by atoms with van der Waals surface area (Å²) in [6.45, 7) is 3.52. The van der Waals surface area contributed by atoms with Crippen molar-refractivity contribution in [2.75, 3.05) is 13.2 Å². The van der Waals surface area contributed by atoms with Crippen LogP contribution in [0.25, 0.3) is 0 Å². The van der Waals surface area contributed by atoms with E-state index in [9.17, 15) is 24.3 Å². The molecule has 192 valence electrons. The van der Waals surface area contributed by atoms with Gasteiger partial charge in [-0.2, -0.15) is 0 Å². The molecule has 1 rings (SSSR count). The third-order valence-corrected chi connectivity index (χ3v) is 5.05. The van der Waals surface area contributed by atoms with Crippen LogP contribution in [0.1, 0.15) is 45.2 Å². The standard InChI is InChI=1S/C21H37N7O6/c1-12(2)7-16(27-18(30)14(23)10-29)19(31)28-17(8-13-9-24-11-25-13)20(32)26-15(21(33)34)5-3-4-6-22/h9,11-12,14-17,29H,3-8,10,22-23H2,1-2H3,(H,24,25)(H,26,32)(H,27,30)(H,28,31)(H,33,34). The van der Waals surface area contributed by atoms with Crippen molar-refractivity contribution in [2.45, 2.75) is 70.1 Å². The van der Waals surface area contributed by atoms with Crippen LogP contribution in [0.15, 0.2) is 12.5 Å². The van der Waals surface area contributed by atoms with Gasteiger partial charge in [-0.1, -0.05) is 13.8 Å². The molecule has 1 heterocycles. The third-order valence-electron chi connectivity index (χ3n) is 5.05. The van der Waals surface area contributed by atoms with Gasteiger partial charge in [0, 0.05) is 18.3 Å². The Labute approximate surface area is 198 Å². The number of aromatic nitrogens is 2. The number of hydrogen-bond acceptors (Lipinski definition) is 8. The van der Waals surface area contributed by atoms with Crippen LogP contribution in [0.3, 0.4) is 0 Å². The zero-order chi connectivity index (χ0) is 25.7. The maximum Gasteiger partial charge on any atom is 0.326 e. The van der Waals surface area contributed by atoms with Crippen LogP contribution >= 0.6 is 0 Å². The van der Waals surface area contributed by atoms with Crippen LogP contribution in [-0.4, -0.2) is 81.2 Å². The summed E-state index contributed by atoms with van der Waals surface area (Å²) in [4.78, 5) is 56.5. The molecule has 0 bridgehead atoms. The van der Waals surface area contributed by atoms with Crippen LogP contribution in [0, 0.1) is 5.92 Å². The Hall–Kier alpha value is -3.03. The number of H-pyrrole nitrogens is 1. The Balaban J connectivity index is 3.02. The number of carbonyl (C=O) groups excluding carboxylic acids is 3. The number of amides is 3. The van der Waals surface area contributed by atoms with Crippen molar-refractivity contribution in [1.29, 1.82) is 0 Å². The van der Waals surface area contributed by atoms with E-state index in [1.54, 1.807) is 0 Å². The second-order valence-corrected chi connectivity index (χ2v) is 8.51. The minimum Gasteiger partial charge on any atom is -0.480 e. The Morgan fingerprint density at radius 2 is 1.65 bits per heavy atom. The van der Waals surface area contributed by atoms with E-state index in [1.165, 1.54) is 12.5 Å². The number of rotatable bonds is 16. The number of aliphatic hydroxyl groups is 1. The molecule has 1 aromatic heterocycles. The highest BCUT2D eigenvalue weighted by Gasteiger charge is 2.31. The zero-order valence-corrected chi connectivity index (χ0v) is 19.6. The van der Waals surface area contributed by atoms with Gasteiger partial charge in [-0.15, -0.1) is 0 Å². The number of nitrogens with one attached hydrogen (secondary N) is 4. The van der Waals surface area contributed by atoms with E-state index in [-0.39, 0.29) is 25.2 Å². The Bertz CT molecular complexity index is 787. The van der Waals surface area contributed by atoms with E-state index in [2.05, 4.69) is 25.9 Å². The quantitative estimate of drug-likeness (QED) is 0.121. The van der Waals surface area contributed by atoms with Gasteiger partial charge in [0.2, 0.25) is 17.7 Å². The summed E-state index contributed by atoms with van der Waals surface area (Å²) >= 11 is 0. The molecule has 4 unspecified atom stereocenters. The van der Waals surface area contributed by atoms with Gasteiger partial charge in [0.25, 0.3) is 0 Å². The van der Waals surface area contributed by atoms with Crippen molar-refractivity contribution in [1.82, 2.24) is 25.9 Å². The second kappa shape index (κ2) is 15.0. The van der Waals surface area contributed by atoms with E-state index in [0.29, 0.717) is 25.1 Å². The number of nitrogens with zero attached hydrogens (tertiary/aromatic N) is 1. The highest BCUT2D eigenvalue weighted by atomic mass is 16.4. The van der Waals surface area contributed by atoms with E-state index < -0.39 is 54.5 Å². The summed E-state index contributed by atoms with van der Waals surface area (Å²) in [6, 6.07) is -4.49. The van der Waals surface area contributed by atoms with E-state index in [4.69, 9.17) is 16.6 Å². The number of carboxylic acid groups (broad SMARTS) is 1. The second-order valence-electron chi connectivity index (χ2n) is 8.51. The molecular weight excluding hydrogens is 446 g/mol. The summed E-state index contributed by atoms with van der Waals surface area (Å²) in [5.41, 5.74) is 11.5. The van der Waals surface area contributed by atoms with Gasteiger partial charge >= 0.3 is 5.97 Å². The highest BCUT2D eigenvalue weighted by molar-refractivity contribution is 5.94. The number of aliphatic hydroxyl groups excluding tert-OH is 1. The number of aliphatic carboxylic acids is 1. The van der Waals surface area contributed by atoms with Gasteiger partial charge in [0.15, 0.2) is 0 Å². The molecular formula is C21H37N7O6. The molecule has 0 aromatic carbocycles. The summed E-state index contributed by atoms with van der Waals surface area (Å²) in [6.07, 6.45) is 4.48. The average molecular weight is 484 g/mol. The molecule has 0 aliphatic heterocycles. The number of carboxylic acids is 1. The van der Waals surface area contributed by atoms with Gasteiger partial charge in [-0.25, -0.2) is 9.78 Å². The predicted molar refractivity (Wildman–Crippen MR) is 123 cm³/mol. The Kier molecular flexibility index (Phi) is 12.8. The van der Waals surface area contributed by atoms with E-state index in [1.807, 2.05) is 13.8 Å². The first-order valence-corrected chi connectivity index (χ1v) is 11.3. The SMILES string of the molecule is CC(C)CC(NC(=O)C(N)CO)C(=O)NC(Cc1cnc[nH]1)C(=O)NC(CCCCN)C(=O)O. The number of nitrogens with two attached hydrogens (primary N) is 2. The molecule has 0 saturated carbocycles. The fourth-order valence-corrected chi connectivity index (χ4v) is 3.18. The normalized spacial score (nSPS) is 14.6. The molecule has 1 aromatic rings. The summed E-state index contributed by atoms with van der Waals surface area (Å²) in [7, 11) is 0. The number of carbonyl (C=O) groups is 4. The first-order chi connectivity index (χ1) is 16.1. The first kappa shape index (κ1) is 29.0. The van der Waals surface area contributed by atoms with Crippen LogP contribution in [0.2, 0.25) is 0 Å². The van der Waals surface area contributed by atoms with Gasteiger partial charge < -0.3 is 42.6 Å². The maximum atomic E-state index is 13.0. The summed E-state index contributed by atoms with van der Waals surface area (Å²) in [5, 5.41) is 26.2. The monoisotopic (exact) mass is 483 g/mol. The highest BCUT2D eigenvalue weighted by Crippen LogP contribution is 2.08. The number of aromatic amines is 1. The lowest BCUT2D eigenvalue weighted by Crippen LogP contribution is -2.58. The molecule has 34 heavy (non-hydrogen) atoms. The van der Waals surface area contributed by atoms with Crippen molar-refractivity contribution in [3.05, 3.63) is 18.2 Å².